The molecule has 5 nitrogen and oxygen atoms in total. The lowest BCUT2D eigenvalue weighted by molar-refractivity contribution is -0.302. The van der Waals surface area contributed by atoms with Crippen molar-refractivity contribution >= 4 is 11.6 Å². The largest absolute Gasteiger partial charge is 0.483 e. The Kier molecular flexibility index (Phi) is 5.72. The molecule has 1 heterocycles. The minimum absolute atomic E-state index is 0.121. The maximum Gasteiger partial charge on any atom is 0.438 e. The van der Waals surface area contributed by atoms with Gasteiger partial charge in [0, 0.05) is 12.1 Å². The molecule has 0 saturated carbocycles. The molecule has 0 aromatic heterocycles. The lowest BCUT2D eigenvalue weighted by Crippen LogP contribution is -2.57. The summed E-state index contributed by atoms with van der Waals surface area (Å²) in [7, 11) is 0. The number of rotatable bonds is 6. The van der Waals surface area contributed by atoms with Crippen molar-refractivity contribution < 1.29 is 27.8 Å². The minimum Gasteiger partial charge on any atom is -0.483 e. The average Bonchev–Trinajstić information content (AvgIpc) is 2.90. The Labute approximate surface area is 144 Å². The molecule has 8 heteroatoms. The van der Waals surface area contributed by atoms with Gasteiger partial charge in [-0.2, -0.15) is 23.3 Å². The normalized spacial score (nSPS) is 20.6. The summed E-state index contributed by atoms with van der Waals surface area (Å²) in [5, 5.41) is 13.9. The predicted molar refractivity (Wildman–Crippen MR) is 86.1 cm³/mol. The zero-order valence-corrected chi connectivity index (χ0v) is 14.1. The number of alkyl halides is 3. The molecule has 1 aromatic rings. The lowest BCUT2D eigenvalue weighted by atomic mass is 10.0. The first-order chi connectivity index (χ1) is 11.7. The van der Waals surface area contributed by atoms with Crippen LogP contribution in [0.4, 0.5) is 13.2 Å². The van der Waals surface area contributed by atoms with Gasteiger partial charge in [0.15, 0.2) is 6.61 Å². The molecule has 25 heavy (non-hydrogen) atoms. The van der Waals surface area contributed by atoms with E-state index in [0.717, 1.165) is 12.0 Å². The van der Waals surface area contributed by atoms with Gasteiger partial charge in [-0.15, -0.1) is 0 Å². The topological polar surface area (TPSA) is 62.1 Å². The Morgan fingerprint density at radius 3 is 2.68 bits per heavy atom. The summed E-state index contributed by atoms with van der Waals surface area (Å²) in [4.78, 5) is 12.2. The lowest BCUT2D eigenvalue weighted by Gasteiger charge is -2.32. The Morgan fingerprint density at radius 1 is 1.40 bits per heavy atom. The summed E-state index contributed by atoms with van der Waals surface area (Å²) < 4.78 is 45.3. The quantitative estimate of drug-likeness (QED) is 0.848. The molecule has 1 aliphatic heterocycles. The van der Waals surface area contributed by atoms with Gasteiger partial charge in [0.2, 0.25) is 0 Å². The van der Waals surface area contributed by atoms with E-state index >= 15 is 0 Å². The van der Waals surface area contributed by atoms with Crippen LogP contribution in [0.2, 0.25) is 0 Å². The van der Waals surface area contributed by atoms with Gasteiger partial charge in [-0.1, -0.05) is 31.5 Å². The molecular weight excluding hydrogens is 337 g/mol. The van der Waals surface area contributed by atoms with E-state index in [1.54, 1.807) is 31.2 Å². The van der Waals surface area contributed by atoms with Gasteiger partial charge in [-0.25, -0.2) is 0 Å². The Morgan fingerprint density at radius 2 is 2.08 bits per heavy atom. The zero-order valence-electron chi connectivity index (χ0n) is 14.1. The number of hydrazone groups is 1. The van der Waals surface area contributed by atoms with Gasteiger partial charge < -0.3 is 9.84 Å². The van der Waals surface area contributed by atoms with E-state index in [1.165, 1.54) is 0 Å². The van der Waals surface area contributed by atoms with E-state index in [-0.39, 0.29) is 10.7 Å². The third-order valence-electron chi connectivity index (χ3n) is 4.00. The number of hydrogen-bond acceptors (Lipinski definition) is 4. The van der Waals surface area contributed by atoms with Crippen LogP contribution in [0, 0.1) is 6.92 Å². The number of aliphatic hydroxyl groups is 1. The monoisotopic (exact) mass is 358 g/mol. The highest BCUT2D eigenvalue weighted by molar-refractivity contribution is 5.91. The Hall–Kier alpha value is -2.09. The second-order valence-electron chi connectivity index (χ2n) is 6.02. The zero-order chi connectivity index (χ0) is 18.7. The summed E-state index contributed by atoms with van der Waals surface area (Å²) >= 11 is 0. The van der Waals surface area contributed by atoms with E-state index in [1.807, 2.05) is 6.92 Å². The van der Waals surface area contributed by atoms with Gasteiger partial charge in [-0.3, -0.25) is 4.79 Å². The van der Waals surface area contributed by atoms with E-state index in [4.69, 9.17) is 4.74 Å². The van der Waals surface area contributed by atoms with Crippen molar-refractivity contribution in [3.8, 4) is 5.75 Å². The third-order valence-corrected chi connectivity index (χ3v) is 4.00. The molecule has 0 spiro atoms. The molecule has 0 aliphatic carbocycles. The second kappa shape index (κ2) is 7.43. The van der Waals surface area contributed by atoms with Crippen molar-refractivity contribution in [1.29, 1.82) is 0 Å². The number of unbranched alkanes of at least 4 members (excludes halogenated alkanes) is 1. The molecular formula is C17H21F3N2O3. The fraction of sp³-hybridized carbons (Fsp3) is 0.529. The standard InChI is InChI=1S/C17H21F3N2O3/c1-3-4-8-13-10-16(24,17(18,19)20)22(21-13)15(23)11-25-14-9-6-5-7-12(14)2/h5-7,9,24H,3-4,8,10-11H2,1-2H3/t16-/m1/s1. The van der Waals surface area contributed by atoms with Crippen LogP contribution in [-0.2, 0) is 4.79 Å². The first-order valence-electron chi connectivity index (χ1n) is 8.06. The first kappa shape index (κ1) is 19.2. The van der Waals surface area contributed by atoms with Crippen molar-refractivity contribution in [3.05, 3.63) is 29.8 Å². The number of halogens is 3. The van der Waals surface area contributed by atoms with Crippen molar-refractivity contribution in [2.45, 2.75) is 51.4 Å². The summed E-state index contributed by atoms with van der Waals surface area (Å²) in [6.07, 6.45) is -4.03. The average molecular weight is 358 g/mol. The number of ether oxygens (including phenoxy) is 1. The molecule has 0 fully saturated rings. The first-order valence-corrected chi connectivity index (χ1v) is 8.06. The van der Waals surface area contributed by atoms with E-state index in [9.17, 15) is 23.1 Å². The highest BCUT2D eigenvalue weighted by Gasteiger charge is 2.63. The predicted octanol–water partition coefficient (Wildman–Crippen LogP) is 3.40. The number of nitrogens with zero attached hydrogens (tertiary/aromatic N) is 2. The van der Waals surface area contributed by atoms with E-state index < -0.39 is 30.8 Å². The third kappa shape index (κ3) is 4.12. The molecule has 138 valence electrons. The van der Waals surface area contributed by atoms with Crippen LogP contribution >= 0.6 is 0 Å². The SMILES string of the molecule is CCCCC1=NN(C(=O)COc2ccccc2C)[C@](O)(C(F)(F)F)C1. The maximum absolute atomic E-state index is 13.3. The highest BCUT2D eigenvalue weighted by Crippen LogP contribution is 2.41. The van der Waals surface area contributed by atoms with Crippen molar-refractivity contribution in [2.75, 3.05) is 6.61 Å². The van der Waals surface area contributed by atoms with Crippen LogP contribution < -0.4 is 4.74 Å². The summed E-state index contributed by atoms with van der Waals surface area (Å²) in [6, 6.07) is 6.83. The van der Waals surface area contributed by atoms with Crippen molar-refractivity contribution in [1.82, 2.24) is 5.01 Å². The van der Waals surface area contributed by atoms with Gasteiger partial charge in [0.1, 0.15) is 5.75 Å². The fourth-order valence-corrected chi connectivity index (χ4v) is 2.54. The van der Waals surface area contributed by atoms with Crippen LogP contribution in [0.3, 0.4) is 0 Å². The number of aryl methyl sites for hydroxylation is 1. The molecule has 1 atom stereocenters. The number of benzene rings is 1. The molecule has 1 N–H and O–H groups in total. The number of amides is 1. The molecule has 1 amide bonds. The second-order valence-corrected chi connectivity index (χ2v) is 6.02. The number of carbonyl (C=O) groups is 1. The van der Waals surface area contributed by atoms with E-state index in [2.05, 4.69) is 5.10 Å². The van der Waals surface area contributed by atoms with Crippen LogP contribution in [-0.4, -0.2) is 40.2 Å². The number of hydrogen-bond donors (Lipinski definition) is 1. The molecule has 0 bridgehead atoms. The van der Waals surface area contributed by atoms with Crippen molar-refractivity contribution in [2.24, 2.45) is 5.10 Å². The summed E-state index contributed by atoms with van der Waals surface area (Å²) in [5.41, 5.74) is -2.41. The maximum atomic E-state index is 13.3. The van der Waals surface area contributed by atoms with Gasteiger partial charge in [0.05, 0.1) is 0 Å². The van der Waals surface area contributed by atoms with Gasteiger partial charge >= 0.3 is 6.18 Å². The molecule has 2 rings (SSSR count). The molecule has 1 aromatic carbocycles. The van der Waals surface area contributed by atoms with Crippen LogP contribution in [0.5, 0.6) is 5.75 Å². The van der Waals surface area contributed by atoms with Crippen LogP contribution in [0.1, 0.15) is 38.2 Å². The van der Waals surface area contributed by atoms with Gasteiger partial charge in [-0.05, 0) is 31.4 Å². The Balaban J connectivity index is 2.15. The van der Waals surface area contributed by atoms with Crippen LogP contribution in [0.15, 0.2) is 29.4 Å². The molecule has 0 unspecified atom stereocenters. The smallest absolute Gasteiger partial charge is 0.438 e. The number of carbonyl (C=O) groups excluding carboxylic acids is 1. The summed E-state index contributed by atoms with van der Waals surface area (Å²) in [6.45, 7) is 3.00. The molecule has 1 aliphatic rings. The number of para-hydroxylation sites is 1. The highest BCUT2D eigenvalue weighted by atomic mass is 19.4. The Bertz CT molecular complexity index is 661. The van der Waals surface area contributed by atoms with E-state index in [0.29, 0.717) is 18.6 Å². The van der Waals surface area contributed by atoms with Crippen LogP contribution in [0.25, 0.3) is 0 Å². The molecule has 0 radical (unpaired) electrons. The summed E-state index contributed by atoms with van der Waals surface area (Å²) in [5.74, 6) is -0.657. The fourth-order valence-electron chi connectivity index (χ4n) is 2.54. The molecule has 0 saturated heterocycles. The minimum atomic E-state index is -5.01. The van der Waals surface area contributed by atoms with Crippen molar-refractivity contribution in [3.63, 3.8) is 0 Å². The van der Waals surface area contributed by atoms with Gasteiger partial charge in [0.25, 0.3) is 11.6 Å².